The third-order valence-corrected chi connectivity index (χ3v) is 3.66. The molecule has 2 aromatic rings. The first-order valence-electron chi connectivity index (χ1n) is 7.90. The van der Waals surface area contributed by atoms with Crippen molar-refractivity contribution < 1.29 is 18.4 Å². The maximum absolute atomic E-state index is 13.5. The van der Waals surface area contributed by atoms with Crippen molar-refractivity contribution in [2.24, 2.45) is 5.92 Å². The predicted octanol–water partition coefficient (Wildman–Crippen LogP) is 4.66. The van der Waals surface area contributed by atoms with E-state index in [1.165, 1.54) is 31.3 Å². The smallest absolute Gasteiger partial charge is 0.270 e. The number of nitrogens with zero attached hydrogens (tertiary/aromatic N) is 1. The molecular weight excluding hydrogens is 326 g/mol. The van der Waals surface area contributed by atoms with Crippen LogP contribution < -0.4 is 5.32 Å². The number of benzene rings is 1. The highest BCUT2D eigenvalue weighted by molar-refractivity contribution is 6.04. The van der Waals surface area contributed by atoms with Crippen molar-refractivity contribution in [3.63, 3.8) is 0 Å². The van der Waals surface area contributed by atoms with E-state index in [4.69, 9.17) is 0 Å². The number of aromatic nitrogens is 1. The van der Waals surface area contributed by atoms with Crippen LogP contribution in [0.5, 0.6) is 0 Å². The van der Waals surface area contributed by atoms with Crippen molar-refractivity contribution in [2.45, 2.75) is 33.6 Å². The van der Waals surface area contributed by atoms with E-state index in [9.17, 15) is 18.4 Å². The average Bonchev–Trinajstić information content (AvgIpc) is 2.53. The highest BCUT2D eigenvalue weighted by Gasteiger charge is 2.24. The Balaban J connectivity index is 2.53. The van der Waals surface area contributed by atoms with Gasteiger partial charge in [-0.05, 0) is 17.7 Å². The van der Waals surface area contributed by atoms with Crippen molar-refractivity contribution in [2.75, 3.05) is 5.32 Å². The maximum atomic E-state index is 13.5. The van der Waals surface area contributed by atoms with Gasteiger partial charge in [0.05, 0.1) is 5.69 Å². The van der Waals surface area contributed by atoms with Gasteiger partial charge in [0, 0.05) is 37.1 Å². The summed E-state index contributed by atoms with van der Waals surface area (Å²) in [4.78, 5) is 27.9. The molecular formula is C19H20F2N2O2. The zero-order chi connectivity index (χ0) is 18.8. The molecule has 25 heavy (non-hydrogen) atoms. The molecule has 2 rings (SSSR count). The number of halogens is 2. The molecule has 0 saturated heterocycles. The lowest BCUT2D eigenvalue weighted by Crippen LogP contribution is -2.16. The summed E-state index contributed by atoms with van der Waals surface area (Å²) in [7, 11) is 0. The molecule has 6 heteroatoms. The van der Waals surface area contributed by atoms with E-state index in [1.807, 2.05) is 0 Å². The molecule has 0 unspecified atom stereocenters. The fourth-order valence-electron chi connectivity index (χ4n) is 2.35. The number of amides is 1. The van der Waals surface area contributed by atoms with Gasteiger partial charge in [-0.3, -0.25) is 14.6 Å². The first-order chi connectivity index (χ1) is 11.6. The van der Waals surface area contributed by atoms with Gasteiger partial charge in [-0.25, -0.2) is 8.78 Å². The summed E-state index contributed by atoms with van der Waals surface area (Å²) in [6, 6.07) is 7.51. The third kappa shape index (κ3) is 4.47. The average molecular weight is 346 g/mol. The molecule has 0 atom stereocenters. The molecule has 0 fully saturated rings. The number of ketones is 1. The summed E-state index contributed by atoms with van der Waals surface area (Å²) in [6.45, 7) is 5.64. The number of hydrogen-bond acceptors (Lipinski definition) is 3. The van der Waals surface area contributed by atoms with Crippen LogP contribution in [0.3, 0.4) is 0 Å². The standard InChI is InChI=1S/C19H20F2N2O2/c1-11(2)18(25)17-16(23-12(3)24)9-14(10-22-17)13-6-5-7-15(8-13)19(4,20)21/h5-11H,1-4H3,(H,23,24). The third-order valence-electron chi connectivity index (χ3n) is 3.66. The van der Waals surface area contributed by atoms with E-state index in [-0.39, 0.29) is 34.6 Å². The van der Waals surface area contributed by atoms with E-state index >= 15 is 0 Å². The number of nitrogens with one attached hydrogen (secondary N) is 1. The Bertz CT molecular complexity index is 811. The summed E-state index contributed by atoms with van der Waals surface area (Å²) in [6.07, 6.45) is 1.45. The number of hydrogen-bond donors (Lipinski definition) is 1. The fourth-order valence-corrected chi connectivity index (χ4v) is 2.35. The van der Waals surface area contributed by atoms with Crippen molar-refractivity contribution >= 4 is 17.4 Å². The second-order valence-corrected chi connectivity index (χ2v) is 6.29. The van der Waals surface area contributed by atoms with Crippen molar-refractivity contribution in [3.8, 4) is 11.1 Å². The molecule has 1 aromatic heterocycles. The minimum absolute atomic E-state index is 0.117. The Labute approximate surface area is 145 Å². The number of anilines is 1. The number of pyridine rings is 1. The van der Waals surface area contributed by atoms with Crippen LogP contribution in [0.15, 0.2) is 36.5 Å². The fraction of sp³-hybridized carbons (Fsp3) is 0.316. The molecule has 0 aliphatic rings. The van der Waals surface area contributed by atoms with Crippen LogP contribution in [0.4, 0.5) is 14.5 Å². The minimum atomic E-state index is -2.96. The van der Waals surface area contributed by atoms with Gasteiger partial charge in [-0.2, -0.15) is 0 Å². The molecule has 1 N–H and O–H groups in total. The molecule has 1 aromatic carbocycles. The van der Waals surface area contributed by atoms with Gasteiger partial charge >= 0.3 is 0 Å². The van der Waals surface area contributed by atoms with Gasteiger partial charge < -0.3 is 5.32 Å². The van der Waals surface area contributed by atoms with E-state index in [0.29, 0.717) is 11.1 Å². The SMILES string of the molecule is CC(=O)Nc1cc(-c2cccc(C(C)(F)F)c2)cnc1C(=O)C(C)C. The van der Waals surface area contributed by atoms with Crippen LogP contribution in [0, 0.1) is 5.92 Å². The maximum Gasteiger partial charge on any atom is 0.270 e. The summed E-state index contributed by atoms with van der Waals surface area (Å²) in [5.41, 5.74) is 1.38. The van der Waals surface area contributed by atoms with Crippen LogP contribution in [0.1, 0.15) is 43.7 Å². The van der Waals surface area contributed by atoms with E-state index < -0.39 is 5.92 Å². The first kappa shape index (κ1) is 18.7. The van der Waals surface area contributed by atoms with Gasteiger partial charge in [0.1, 0.15) is 5.69 Å². The van der Waals surface area contributed by atoms with Crippen molar-refractivity contribution in [3.05, 3.63) is 47.8 Å². The lowest BCUT2D eigenvalue weighted by atomic mass is 9.99. The summed E-state index contributed by atoms with van der Waals surface area (Å²) in [5.74, 6) is -3.79. The molecule has 1 heterocycles. The Hall–Kier alpha value is -2.63. The zero-order valence-electron chi connectivity index (χ0n) is 14.6. The number of Topliss-reactive ketones (excluding diaryl/α,β-unsaturated/α-hetero) is 1. The van der Waals surface area contributed by atoms with Crippen LogP contribution in [0.25, 0.3) is 11.1 Å². The number of alkyl halides is 2. The molecule has 0 saturated carbocycles. The first-order valence-corrected chi connectivity index (χ1v) is 7.90. The summed E-state index contributed by atoms with van der Waals surface area (Å²) < 4.78 is 27.1. The molecule has 1 amide bonds. The van der Waals surface area contributed by atoms with Gasteiger partial charge in [-0.1, -0.05) is 32.0 Å². The molecule has 0 spiro atoms. The van der Waals surface area contributed by atoms with Gasteiger partial charge in [-0.15, -0.1) is 0 Å². The largest absolute Gasteiger partial charge is 0.324 e. The van der Waals surface area contributed by atoms with Gasteiger partial charge in [0.25, 0.3) is 5.92 Å². The Kier molecular flexibility index (Phi) is 5.30. The quantitative estimate of drug-likeness (QED) is 0.801. The van der Waals surface area contributed by atoms with Crippen LogP contribution in [0.2, 0.25) is 0 Å². The molecule has 4 nitrogen and oxygen atoms in total. The molecule has 0 bridgehead atoms. The predicted molar refractivity (Wildman–Crippen MR) is 92.7 cm³/mol. The lowest BCUT2D eigenvalue weighted by molar-refractivity contribution is -0.114. The normalized spacial score (nSPS) is 11.5. The molecule has 0 aliphatic carbocycles. The molecule has 0 aliphatic heterocycles. The lowest BCUT2D eigenvalue weighted by Gasteiger charge is -2.14. The Morgan fingerprint density at radius 3 is 2.40 bits per heavy atom. The number of rotatable bonds is 5. The van der Waals surface area contributed by atoms with Gasteiger partial charge in [0.2, 0.25) is 5.91 Å². The van der Waals surface area contributed by atoms with Crippen LogP contribution >= 0.6 is 0 Å². The van der Waals surface area contributed by atoms with Crippen molar-refractivity contribution in [1.29, 1.82) is 0 Å². The number of carbonyl (C=O) groups excluding carboxylic acids is 2. The van der Waals surface area contributed by atoms with Crippen molar-refractivity contribution in [1.82, 2.24) is 4.98 Å². The highest BCUT2D eigenvalue weighted by Crippen LogP contribution is 2.31. The monoisotopic (exact) mass is 346 g/mol. The summed E-state index contributed by atoms with van der Waals surface area (Å²) >= 11 is 0. The number of carbonyl (C=O) groups is 2. The van der Waals surface area contributed by atoms with Crippen LogP contribution in [-0.2, 0) is 10.7 Å². The topological polar surface area (TPSA) is 59.1 Å². The van der Waals surface area contributed by atoms with E-state index in [2.05, 4.69) is 10.3 Å². The van der Waals surface area contributed by atoms with Crippen LogP contribution in [-0.4, -0.2) is 16.7 Å². The minimum Gasteiger partial charge on any atom is -0.324 e. The summed E-state index contributed by atoms with van der Waals surface area (Å²) in [5, 5.41) is 2.59. The second kappa shape index (κ2) is 7.09. The Morgan fingerprint density at radius 1 is 1.16 bits per heavy atom. The molecule has 0 radical (unpaired) electrons. The highest BCUT2D eigenvalue weighted by atomic mass is 19.3. The Morgan fingerprint density at radius 2 is 1.84 bits per heavy atom. The molecule has 132 valence electrons. The van der Waals surface area contributed by atoms with E-state index in [0.717, 1.165) is 6.92 Å². The van der Waals surface area contributed by atoms with E-state index in [1.54, 1.807) is 26.0 Å². The van der Waals surface area contributed by atoms with Gasteiger partial charge in [0.15, 0.2) is 5.78 Å². The zero-order valence-corrected chi connectivity index (χ0v) is 14.6. The second-order valence-electron chi connectivity index (χ2n) is 6.29.